The van der Waals surface area contributed by atoms with Crippen LogP contribution in [0.4, 0.5) is 11.4 Å². The quantitative estimate of drug-likeness (QED) is 0.397. The Morgan fingerprint density at radius 3 is 2.82 bits per heavy atom. The van der Waals surface area contributed by atoms with Gasteiger partial charge in [-0.3, -0.25) is 4.79 Å². The normalized spacial score (nSPS) is 12.1. The zero-order valence-electron chi connectivity index (χ0n) is 15.3. The van der Waals surface area contributed by atoms with Crippen molar-refractivity contribution < 1.29 is 9.90 Å². The first-order chi connectivity index (χ1) is 13.7. The van der Waals surface area contributed by atoms with Gasteiger partial charge in [0.05, 0.1) is 24.0 Å². The zero-order valence-corrected chi connectivity index (χ0v) is 16.1. The van der Waals surface area contributed by atoms with E-state index in [-0.39, 0.29) is 12.5 Å². The molecule has 3 aromatic heterocycles. The summed E-state index contributed by atoms with van der Waals surface area (Å²) in [5.41, 5.74) is 3.26. The van der Waals surface area contributed by atoms with Gasteiger partial charge in [-0.2, -0.15) is 0 Å². The van der Waals surface area contributed by atoms with Crippen molar-refractivity contribution in [1.82, 2.24) is 15.3 Å². The summed E-state index contributed by atoms with van der Waals surface area (Å²) in [7, 11) is 0. The van der Waals surface area contributed by atoms with Crippen molar-refractivity contribution in [3.63, 3.8) is 0 Å². The third-order valence-corrected chi connectivity index (χ3v) is 5.53. The standard InChI is InChI=1S/C21H20N4O2S/c1-13-11-17(24-16-8-10-23-20-15(16)7-9-22-20)19(28-13)21(27)25-18(12-26)14-5-3-2-4-6-14/h2-11,18,26H,12H2,1H3,(H,25,27)(H2,22,23,24). The average molecular weight is 392 g/mol. The molecule has 3 heterocycles. The first-order valence-corrected chi connectivity index (χ1v) is 9.73. The predicted octanol–water partition coefficient (Wildman–Crippen LogP) is 4.14. The highest BCUT2D eigenvalue weighted by atomic mass is 32.1. The number of nitrogens with one attached hydrogen (secondary N) is 3. The van der Waals surface area contributed by atoms with E-state index >= 15 is 0 Å². The molecule has 0 fully saturated rings. The summed E-state index contributed by atoms with van der Waals surface area (Å²) in [6, 6.07) is 14.8. The van der Waals surface area contributed by atoms with Gasteiger partial charge in [0.25, 0.3) is 5.91 Å². The lowest BCUT2D eigenvalue weighted by Gasteiger charge is -2.17. The summed E-state index contributed by atoms with van der Waals surface area (Å²) < 4.78 is 0. The number of aryl methyl sites for hydroxylation is 1. The molecule has 0 aliphatic heterocycles. The number of hydrogen-bond acceptors (Lipinski definition) is 5. The number of aromatic amines is 1. The molecule has 1 aromatic carbocycles. The van der Waals surface area contributed by atoms with E-state index in [0.29, 0.717) is 4.88 Å². The monoisotopic (exact) mass is 392 g/mol. The van der Waals surface area contributed by atoms with Crippen LogP contribution in [0.2, 0.25) is 0 Å². The second-order valence-corrected chi connectivity index (χ2v) is 7.70. The van der Waals surface area contributed by atoms with Crippen LogP contribution in [0.3, 0.4) is 0 Å². The maximum Gasteiger partial charge on any atom is 0.264 e. The van der Waals surface area contributed by atoms with Crippen LogP contribution in [0.15, 0.2) is 60.9 Å². The number of aliphatic hydroxyl groups excluding tert-OH is 1. The first kappa shape index (κ1) is 18.2. The van der Waals surface area contributed by atoms with Crippen LogP contribution in [0, 0.1) is 6.92 Å². The van der Waals surface area contributed by atoms with Gasteiger partial charge in [-0.25, -0.2) is 4.98 Å². The number of pyridine rings is 1. The van der Waals surface area contributed by atoms with Crippen molar-refractivity contribution in [2.45, 2.75) is 13.0 Å². The maximum absolute atomic E-state index is 13.0. The minimum atomic E-state index is -0.457. The van der Waals surface area contributed by atoms with Crippen LogP contribution >= 0.6 is 11.3 Å². The van der Waals surface area contributed by atoms with E-state index in [0.717, 1.165) is 32.8 Å². The van der Waals surface area contributed by atoms with Gasteiger partial charge in [0.1, 0.15) is 10.5 Å². The van der Waals surface area contributed by atoms with Crippen molar-refractivity contribution in [3.05, 3.63) is 76.2 Å². The molecule has 7 heteroatoms. The number of thiophene rings is 1. The molecule has 0 radical (unpaired) electrons. The Balaban J connectivity index is 1.60. The number of H-pyrrole nitrogens is 1. The Kier molecular flexibility index (Phi) is 5.10. The van der Waals surface area contributed by atoms with Crippen LogP contribution in [0.25, 0.3) is 11.0 Å². The van der Waals surface area contributed by atoms with Gasteiger partial charge in [-0.05, 0) is 30.7 Å². The van der Waals surface area contributed by atoms with Gasteiger partial charge in [0, 0.05) is 22.7 Å². The maximum atomic E-state index is 13.0. The Labute approximate surface area is 166 Å². The number of fused-ring (bicyclic) bond motifs is 1. The molecule has 142 valence electrons. The molecular weight excluding hydrogens is 372 g/mol. The van der Waals surface area contributed by atoms with Crippen LogP contribution in [0.5, 0.6) is 0 Å². The topological polar surface area (TPSA) is 90.0 Å². The smallest absolute Gasteiger partial charge is 0.264 e. The Morgan fingerprint density at radius 1 is 1.21 bits per heavy atom. The van der Waals surface area contributed by atoms with E-state index in [4.69, 9.17) is 0 Å². The molecule has 0 saturated carbocycles. The fraction of sp³-hybridized carbons (Fsp3) is 0.143. The van der Waals surface area contributed by atoms with E-state index in [1.54, 1.807) is 6.20 Å². The second kappa shape index (κ2) is 7.84. The number of benzene rings is 1. The first-order valence-electron chi connectivity index (χ1n) is 8.92. The highest BCUT2D eigenvalue weighted by Gasteiger charge is 2.20. The van der Waals surface area contributed by atoms with Gasteiger partial charge >= 0.3 is 0 Å². The zero-order chi connectivity index (χ0) is 19.5. The third-order valence-electron chi connectivity index (χ3n) is 4.48. The molecule has 0 spiro atoms. The van der Waals surface area contributed by atoms with Crippen LogP contribution in [-0.4, -0.2) is 27.6 Å². The summed E-state index contributed by atoms with van der Waals surface area (Å²) in [4.78, 5) is 21.9. The van der Waals surface area contributed by atoms with E-state index in [1.165, 1.54) is 11.3 Å². The molecule has 1 atom stereocenters. The highest BCUT2D eigenvalue weighted by Crippen LogP contribution is 2.32. The lowest BCUT2D eigenvalue weighted by Crippen LogP contribution is -2.30. The number of carbonyl (C=O) groups excluding carboxylic acids is 1. The lowest BCUT2D eigenvalue weighted by molar-refractivity contribution is 0.0921. The summed E-state index contributed by atoms with van der Waals surface area (Å²) in [5, 5.41) is 17.0. The SMILES string of the molecule is Cc1cc(Nc2ccnc3[nH]ccc23)c(C(=O)NC(CO)c2ccccc2)s1. The molecule has 6 nitrogen and oxygen atoms in total. The Hall–Kier alpha value is -3.16. The largest absolute Gasteiger partial charge is 0.394 e. The highest BCUT2D eigenvalue weighted by molar-refractivity contribution is 7.14. The third kappa shape index (κ3) is 3.62. The number of rotatable bonds is 6. The summed E-state index contributed by atoms with van der Waals surface area (Å²) in [5.74, 6) is -0.220. The molecule has 28 heavy (non-hydrogen) atoms. The number of aliphatic hydroxyl groups is 1. The molecule has 0 bridgehead atoms. The average Bonchev–Trinajstić information content (AvgIpc) is 3.33. The predicted molar refractivity (Wildman–Crippen MR) is 112 cm³/mol. The van der Waals surface area contributed by atoms with E-state index < -0.39 is 6.04 Å². The summed E-state index contributed by atoms with van der Waals surface area (Å²) in [6.07, 6.45) is 3.55. The number of carbonyl (C=O) groups is 1. The summed E-state index contributed by atoms with van der Waals surface area (Å²) in [6.45, 7) is 1.79. The Morgan fingerprint density at radius 2 is 2.04 bits per heavy atom. The fourth-order valence-electron chi connectivity index (χ4n) is 3.13. The van der Waals surface area contributed by atoms with Gasteiger partial charge < -0.3 is 20.7 Å². The number of nitrogens with zero attached hydrogens (tertiary/aromatic N) is 1. The van der Waals surface area contributed by atoms with Crippen LogP contribution in [0.1, 0.15) is 26.2 Å². The fourth-order valence-corrected chi connectivity index (χ4v) is 4.00. The minimum absolute atomic E-state index is 0.169. The minimum Gasteiger partial charge on any atom is -0.394 e. The number of anilines is 2. The van der Waals surface area contributed by atoms with Crippen molar-refractivity contribution in [3.8, 4) is 0 Å². The lowest BCUT2D eigenvalue weighted by atomic mass is 10.1. The van der Waals surface area contributed by atoms with Crippen molar-refractivity contribution in [2.75, 3.05) is 11.9 Å². The van der Waals surface area contributed by atoms with E-state index in [9.17, 15) is 9.90 Å². The van der Waals surface area contributed by atoms with Crippen LogP contribution < -0.4 is 10.6 Å². The molecule has 0 aliphatic rings. The number of hydrogen-bond donors (Lipinski definition) is 4. The second-order valence-electron chi connectivity index (χ2n) is 6.44. The Bertz CT molecular complexity index is 1100. The molecule has 4 aromatic rings. The summed E-state index contributed by atoms with van der Waals surface area (Å²) >= 11 is 1.42. The number of amides is 1. The van der Waals surface area contributed by atoms with Crippen molar-refractivity contribution >= 4 is 39.7 Å². The molecule has 0 aliphatic carbocycles. The van der Waals surface area contributed by atoms with E-state index in [1.807, 2.05) is 61.7 Å². The van der Waals surface area contributed by atoms with Crippen molar-refractivity contribution in [1.29, 1.82) is 0 Å². The molecule has 0 saturated heterocycles. The van der Waals surface area contributed by atoms with Crippen LogP contribution in [-0.2, 0) is 0 Å². The number of aromatic nitrogens is 2. The molecule has 1 amide bonds. The van der Waals surface area contributed by atoms with Crippen molar-refractivity contribution in [2.24, 2.45) is 0 Å². The van der Waals surface area contributed by atoms with Gasteiger partial charge in [-0.15, -0.1) is 11.3 Å². The molecule has 1 unspecified atom stereocenters. The molecular formula is C21H20N4O2S. The molecule has 4 rings (SSSR count). The van der Waals surface area contributed by atoms with E-state index in [2.05, 4.69) is 20.6 Å². The van der Waals surface area contributed by atoms with Gasteiger partial charge in [0.2, 0.25) is 0 Å². The molecule has 4 N–H and O–H groups in total. The van der Waals surface area contributed by atoms with Gasteiger partial charge in [-0.1, -0.05) is 30.3 Å². The van der Waals surface area contributed by atoms with Gasteiger partial charge in [0.15, 0.2) is 0 Å².